The van der Waals surface area contributed by atoms with Crippen molar-refractivity contribution in [3.05, 3.63) is 59.7 Å². The molecule has 0 aliphatic carbocycles. The Bertz CT molecular complexity index is 978. The van der Waals surface area contributed by atoms with Crippen LogP contribution in [0.3, 0.4) is 0 Å². The van der Waals surface area contributed by atoms with Crippen LogP contribution in [0.2, 0.25) is 0 Å². The molecule has 1 amide bonds. The second kappa shape index (κ2) is 13.8. The van der Waals surface area contributed by atoms with Gasteiger partial charge >= 0.3 is 0 Å². The number of carbonyl (C=O) groups excluding carboxylic acids is 1. The second-order valence-electron chi connectivity index (χ2n) is 10.5. The van der Waals surface area contributed by atoms with Crippen LogP contribution in [0.4, 0.5) is 0 Å². The summed E-state index contributed by atoms with van der Waals surface area (Å²) in [6.07, 6.45) is 3.47. The van der Waals surface area contributed by atoms with Gasteiger partial charge in [-0.25, -0.2) is 0 Å². The Morgan fingerprint density at radius 1 is 0.946 bits per heavy atom. The molecule has 0 bridgehead atoms. The van der Waals surface area contributed by atoms with Gasteiger partial charge in [0.1, 0.15) is 0 Å². The summed E-state index contributed by atoms with van der Waals surface area (Å²) in [5.41, 5.74) is 2.49. The molecule has 2 saturated heterocycles. The molecular weight excluding hydrogens is 464 g/mol. The van der Waals surface area contributed by atoms with Crippen molar-refractivity contribution in [1.82, 2.24) is 20.0 Å². The monoisotopic (exact) mass is 508 g/mol. The minimum atomic E-state index is 0.151. The number of ether oxygens (including phenoxy) is 2. The van der Waals surface area contributed by atoms with Crippen LogP contribution in [0.1, 0.15) is 30.4 Å². The average molecular weight is 509 g/mol. The van der Waals surface area contributed by atoms with Crippen molar-refractivity contribution in [3.63, 3.8) is 0 Å². The van der Waals surface area contributed by atoms with Gasteiger partial charge in [-0.15, -0.1) is 0 Å². The van der Waals surface area contributed by atoms with E-state index in [9.17, 15) is 4.79 Å². The van der Waals surface area contributed by atoms with E-state index < -0.39 is 0 Å². The molecule has 0 spiro atoms. The largest absolute Gasteiger partial charge is 0.493 e. The van der Waals surface area contributed by atoms with Gasteiger partial charge in [-0.05, 0) is 62.0 Å². The van der Waals surface area contributed by atoms with E-state index in [0.29, 0.717) is 24.9 Å². The topological polar surface area (TPSA) is 57.3 Å². The fourth-order valence-corrected chi connectivity index (χ4v) is 5.79. The molecule has 2 fully saturated rings. The van der Waals surface area contributed by atoms with Crippen molar-refractivity contribution >= 4 is 5.91 Å². The van der Waals surface area contributed by atoms with Crippen LogP contribution >= 0.6 is 0 Å². The fraction of sp³-hybridized carbons (Fsp3) is 0.567. The normalized spacial score (nSPS) is 21.5. The zero-order valence-corrected chi connectivity index (χ0v) is 22.8. The van der Waals surface area contributed by atoms with Crippen LogP contribution in [0.5, 0.6) is 11.5 Å². The summed E-state index contributed by atoms with van der Waals surface area (Å²) >= 11 is 0. The van der Waals surface area contributed by atoms with E-state index in [4.69, 9.17) is 9.47 Å². The standard InChI is InChI=1S/C30H44N4O3/c1-32-17-19-34(20-18-32)27-14-16-33(22-25-7-5-4-6-8-25)23-26(27)10-12-30(35)31-15-13-24-9-11-28(36-2)29(21-24)37-3/h4-9,11,21,26-27H,10,12-20,22-23H2,1-3H3,(H,31,35)/t26-,27+/m0/s1. The first-order chi connectivity index (χ1) is 18.1. The van der Waals surface area contributed by atoms with E-state index in [-0.39, 0.29) is 5.91 Å². The van der Waals surface area contributed by atoms with Crippen molar-refractivity contribution in [2.45, 2.75) is 38.3 Å². The quantitative estimate of drug-likeness (QED) is 0.503. The third kappa shape index (κ3) is 7.94. The van der Waals surface area contributed by atoms with E-state index in [1.54, 1.807) is 14.2 Å². The predicted octanol–water partition coefficient (Wildman–Crippen LogP) is 3.28. The Hall–Kier alpha value is -2.61. The Morgan fingerprint density at radius 3 is 2.43 bits per heavy atom. The number of hydrogen-bond acceptors (Lipinski definition) is 6. The molecule has 2 heterocycles. The fourth-order valence-electron chi connectivity index (χ4n) is 5.79. The molecule has 7 nitrogen and oxygen atoms in total. The minimum Gasteiger partial charge on any atom is -0.493 e. The Morgan fingerprint density at radius 2 is 1.70 bits per heavy atom. The molecule has 7 heteroatoms. The number of hydrogen-bond donors (Lipinski definition) is 1. The average Bonchev–Trinajstić information content (AvgIpc) is 2.93. The summed E-state index contributed by atoms with van der Waals surface area (Å²) < 4.78 is 10.7. The molecule has 2 aromatic carbocycles. The number of rotatable bonds is 11. The summed E-state index contributed by atoms with van der Waals surface area (Å²) in [5, 5.41) is 3.14. The number of piperidine rings is 1. The molecule has 2 aromatic rings. The summed E-state index contributed by atoms with van der Waals surface area (Å²) in [7, 11) is 5.49. The van der Waals surface area contributed by atoms with Gasteiger partial charge in [-0.2, -0.15) is 0 Å². The van der Waals surface area contributed by atoms with Gasteiger partial charge in [-0.1, -0.05) is 36.4 Å². The molecule has 2 aliphatic heterocycles. The van der Waals surface area contributed by atoms with Crippen LogP contribution in [0, 0.1) is 5.92 Å². The van der Waals surface area contributed by atoms with Gasteiger partial charge in [0.2, 0.25) is 5.91 Å². The zero-order valence-electron chi connectivity index (χ0n) is 22.8. The first-order valence-corrected chi connectivity index (χ1v) is 13.7. The number of nitrogens with zero attached hydrogens (tertiary/aromatic N) is 3. The summed E-state index contributed by atoms with van der Waals surface area (Å²) in [4.78, 5) is 20.5. The lowest BCUT2D eigenvalue weighted by molar-refractivity contribution is -0.121. The lowest BCUT2D eigenvalue weighted by atomic mass is 9.86. The highest BCUT2D eigenvalue weighted by Gasteiger charge is 2.34. The van der Waals surface area contributed by atoms with Crippen molar-refractivity contribution in [2.75, 3.05) is 67.1 Å². The van der Waals surface area contributed by atoms with E-state index >= 15 is 0 Å². The van der Waals surface area contributed by atoms with E-state index in [1.165, 1.54) is 12.0 Å². The first-order valence-electron chi connectivity index (χ1n) is 13.7. The highest BCUT2D eigenvalue weighted by molar-refractivity contribution is 5.75. The minimum absolute atomic E-state index is 0.151. The number of nitrogens with one attached hydrogen (secondary N) is 1. The predicted molar refractivity (Wildman–Crippen MR) is 148 cm³/mol. The molecule has 0 saturated carbocycles. The summed E-state index contributed by atoms with van der Waals surface area (Å²) in [6.45, 7) is 8.33. The third-order valence-corrected chi connectivity index (χ3v) is 7.96. The number of piperazine rings is 1. The summed E-state index contributed by atoms with van der Waals surface area (Å²) in [5.74, 6) is 2.10. The molecule has 202 valence electrons. The van der Waals surface area contributed by atoms with Gasteiger partial charge in [0.15, 0.2) is 11.5 Å². The first kappa shape index (κ1) is 27.4. The smallest absolute Gasteiger partial charge is 0.220 e. The van der Waals surface area contributed by atoms with E-state index in [0.717, 1.165) is 75.7 Å². The van der Waals surface area contributed by atoms with Gasteiger partial charge in [-0.3, -0.25) is 14.6 Å². The molecule has 2 atom stereocenters. The highest BCUT2D eigenvalue weighted by Crippen LogP contribution is 2.29. The highest BCUT2D eigenvalue weighted by atomic mass is 16.5. The maximum Gasteiger partial charge on any atom is 0.220 e. The van der Waals surface area contributed by atoms with Gasteiger partial charge in [0.25, 0.3) is 0 Å². The molecule has 1 N–H and O–H groups in total. The number of methoxy groups -OCH3 is 2. The number of likely N-dealkylation sites (N-methyl/N-ethyl adjacent to an activating group) is 1. The Kier molecular flexibility index (Phi) is 10.2. The SMILES string of the molecule is COc1ccc(CCNC(=O)CC[C@H]2CN(Cc3ccccc3)CC[C@H]2N2CCN(C)CC2)cc1OC. The summed E-state index contributed by atoms with van der Waals surface area (Å²) in [6, 6.07) is 17.2. The van der Waals surface area contributed by atoms with Gasteiger partial charge < -0.3 is 19.7 Å². The lowest BCUT2D eigenvalue weighted by Gasteiger charge is -2.46. The van der Waals surface area contributed by atoms with Crippen molar-refractivity contribution in [3.8, 4) is 11.5 Å². The van der Waals surface area contributed by atoms with Gasteiger partial charge in [0, 0.05) is 58.3 Å². The molecule has 0 aromatic heterocycles. The molecule has 0 radical (unpaired) electrons. The van der Waals surface area contributed by atoms with E-state index in [2.05, 4.69) is 57.4 Å². The Labute approximate surface area is 222 Å². The van der Waals surface area contributed by atoms with E-state index in [1.807, 2.05) is 18.2 Å². The van der Waals surface area contributed by atoms with Crippen molar-refractivity contribution < 1.29 is 14.3 Å². The maximum atomic E-state index is 12.8. The zero-order chi connectivity index (χ0) is 26.0. The molecule has 2 aliphatic rings. The van der Waals surface area contributed by atoms with Crippen molar-refractivity contribution in [2.24, 2.45) is 5.92 Å². The number of amides is 1. The molecular formula is C30H44N4O3. The number of likely N-dealkylation sites (tertiary alicyclic amines) is 1. The molecule has 0 unspecified atom stereocenters. The van der Waals surface area contributed by atoms with Crippen molar-refractivity contribution in [1.29, 1.82) is 0 Å². The Balaban J connectivity index is 1.29. The third-order valence-electron chi connectivity index (χ3n) is 7.96. The van der Waals surface area contributed by atoms with Crippen LogP contribution in [-0.2, 0) is 17.8 Å². The number of carbonyl (C=O) groups is 1. The number of benzene rings is 2. The maximum absolute atomic E-state index is 12.8. The second-order valence-corrected chi connectivity index (χ2v) is 10.5. The molecule has 4 rings (SSSR count). The van der Waals surface area contributed by atoms with Crippen LogP contribution < -0.4 is 14.8 Å². The lowest BCUT2D eigenvalue weighted by Crippen LogP contribution is -2.56. The molecule has 37 heavy (non-hydrogen) atoms. The van der Waals surface area contributed by atoms with Crippen LogP contribution in [0.15, 0.2) is 48.5 Å². The van der Waals surface area contributed by atoms with Gasteiger partial charge in [0.05, 0.1) is 14.2 Å². The van der Waals surface area contributed by atoms with Crippen LogP contribution in [0.25, 0.3) is 0 Å². The van der Waals surface area contributed by atoms with Crippen LogP contribution in [-0.4, -0.2) is 93.7 Å².